The summed E-state index contributed by atoms with van der Waals surface area (Å²) in [7, 11) is 0. The van der Waals surface area contributed by atoms with E-state index in [2.05, 4.69) is 17.6 Å². The fourth-order valence-electron chi connectivity index (χ4n) is 1.99. The van der Waals surface area contributed by atoms with E-state index in [1.165, 1.54) is 11.3 Å². The number of carbonyl (C=O) groups excluding carboxylic acids is 1. The summed E-state index contributed by atoms with van der Waals surface area (Å²) >= 11 is 7.38. The van der Waals surface area contributed by atoms with Crippen molar-refractivity contribution < 1.29 is 4.79 Å². The van der Waals surface area contributed by atoms with Crippen LogP contribution in [0.25, 0.3) is 0 Å². The van der Waals surface area contributed by atoms with E-state index in [0.29, 0.717) is 4.34 Å². The van der Waals surface area contributed by atoms with Gasteiger partial charge < -0.3 is 10.6 Å². The summed E-state index contributed by atoms with van der Waals surface area (Å²) < 4.78 is 0.706. The molecule has 0 aliphatic heterocycles. The molecule has 3 nitrogen and oxygen atoms in total. The molecule has 112 valence electrons. The Kier molecular flexibility index (Phi) is 5.79. The Morgan fingerprint density at radius 1 is 1.29 bits per heavy atom. The van der Waals surface area contributed by atoms with Crippen molar-refractivity contribution in [3.05, 3.63) is 51.2 Å². The average molecular weight is 323 g/mol. The maximum absolute atomic E-state index is 12.4. The predicted molar refractivity (Wildman–Crippen MR) is 90.2 cm³/mol. The molecule has 1 heterocycles. The molecule has 2 rings (SSSR count). The minimum Gasteiger partial charge on any atom is -0.325 e. The van der Waals surface area contributed by atoms with Crippen LogP contribution in [0.1, 0.15) is 30.2 Å². The van der Waals surface area contributed by atoms with Crippen LogP contribution in [-0.2, 0) is 11.3 Å². The third-order valence-electron chi connectivity index (χ3n) is 3.25. The van der Waals surface area contributed by atoms with Crippen LogP contribution in [-0.4, -0.2) is 12.5 Å². The third-order valence-corrected chi connectivity index (χ3v) is 4.67. The number of benzene rings is 1. The van der Waals surface area contributed by atoms with Gasteiger partial charge in [0.25, 0.3) is 0 Å². The predicted octanol–water partition coefficient (Wildman–Crippen LogP) is 4.25. The van der Waals surface area contributed by atoms with Crippen molar-refractivity contribution in [2.45, 2.75) is 26.3 Å². The molecule has 21 heavy (non-hydrogen) atoms. The van der Waals surface area contributed by atoms with Gasteiger partial charge in [-0.05, 0) is 37.2 Å². The highest BCUT2D eigenvalue weighted by Gasteiger charge is 2.18. The van der Waals surface area contributed by atoms with Gasteiger partial charge in [-0.2, -0.15) is 0 Å². The number of thiophene rings is 1. The molecule has 0 saturated heterocycles. The van der Waals surface area contributed by atoms with Crippen LogP contribution in [0.3, 0.4) is 0 Å². The molecule has 1 aromatic heterocycles. The number of amides is 1. The first-order chi connectivity index (χ1) is 10.1. The number of carbonyl (C=O) groups is 1. The summed E-state index contributed by atoms with van der Waals surface area (Å²) in [4.78, 5) is 13.4. The lowest BCUT2D eigenvalue weighted by molar-refractivity contribution is -0.117. The highest BCUT2D eigenvalue weighted by molar-refractivity contribution is 7.16. The first-order valence-electron chi connectivity index (χ1n) is 6.96. The average Bonchev–Trinajstić information content (AvgIpc) is 2.92. The van der Waals surface area contributed by atoms with Crippen LogP contribution in [0, 0.1) is 0 Å². The molecule has 0 bridgehead atoms. The van der Waals surface area contributed by atoms with Crippen molar-refractivity contribution >= 4 is 34.5 Å². The van der Waals surface area contributed by atoms with Gasteiger partial charge in [0.1, 0.15) is 0 Å². The minimum absolute atomic E-state index is 0.0162. The van der Waals surface area contributed by atoms with Crippen LogP contribution in [0.5, 0.6) is 0 Å². The van der Waals surface area contributed by atoms with Crippen LogP contribution in [0.2, 0.25) is 4.34 Å². The largest absolute Gasteiger partial charge is 0.325 e. The van der Waals surface area contributed by atoms with Gasteiger partial charge in [-0.15, -0.1) is 11.3 Å². The molecule has 2 N–H and O–H groups in total. The zero-order valence-electron chi connectivity index (χ0n) is 12.2. The number of hydrogen-bond acceptors (Lipinski definition) is 3. The second-order valence-electron chi connectivity index (χ2n) is 4.79. The van der Waals surface area contributed by atoms with E-state index in [-0.39, 0.29) is 11.8 Å². The van der Waals surface area contributed by atoms with Crippen molar-refractivity contribution in [2.24, 2.45) is 0 Å². The summed E-state index contributed by atoms with van der Waals surface area (Å²) in [5.41, 5.74) is 1.95. The van der Waals surface area contributed by atoms with Crippen LogP contribution in [0.15, 0.2) is 36.4 Å². The van der Waals surface area contributed by atoms with Gasteiger partial charge in [0, 0.05) is 17.1 Å². The number of rotatable bonds is 6. The van der Waals surface area contributed by atoms with Gasteiger partial charge in [-0.25, -0.2) is 0 Å². The lowest BCUT2D eigenvalue weighted by Gasteiger charge is -2.14. The Hall–Kier alpha value is -1.36. The van der Waals surface area contributed by atoms with E-state index < -0.39 is 0 Å². The SMILES string of the molecule is CCNCc1ccccc1NC(=O)C(C)c1ccc(Cl)s1. The maximum Gasteiger partial charge on any atom is 0.232 e. The number of halogens is 1. The number of para-hydroxylation sites is 1. The highest BCUT2D eigenvalue weighted by atomic mass is 35.5. The first kappa shape index (κ1) is 16.0. The van der Waals surface area contributed by atoms with E-state index in [1.807, 2.05) is 43.3 Å². The van der Waals surface area contributed by atoms with Gasteiger partial charge in [-0.3, -0.25) is 4.79 Å². The van der Waals surface area contributed by atoms with E-state index in [1.54, 1.807) is 0 Å². The smallest absolute Gasteiger partial charge is 0.232 e. The summed E-state index contributed by atoms with van der Waals surface area (Å²) in [6.45, 7) is 5.59. The molecule has 0 fully saturated rings. The first-order valence-corrected chi connectivity index (χ1v) is 8.16. The molecular formula is C16H19ClN2OS. The van der Waals surface area contributed by atoms with Crippen molar-refractivity contribution in [3.8, 4) is 0 Å². The van der Waals surface area contributed by atoms with E-state index in [0.717, 1.165) is 29.2 Å². The minimum atomic E-state index is -0.213. The molecule has 0 spiro atoms. The standard InChI is InChI=1S/C16H19ClN2OS/c1-3-18-10-12-6-4-5-7-13(12)19-16(20)11(2)14-8-9-15(17)21-14/h4-9,11,18H,3,10H2,1-2H3,(H,19,20). The summed E-state index contributed by atoms with van der Waals surface area (Å²) in [6, 6.07) is 11.6. The lowest BCUT2D eigenvalue weighted by Crippen LogP contribution is -2.20. The van der Waals surface area contributed by atoms with E-state index >= 15 is 0 Å². The molecule has 1 aromatic carbocycles. The Labute approximate surface area is 134 Å². The zero-order valence-corrected chi connectivity index (χ0v) is 13.7. The molecule has 1 atom stereocenters. The van der Waals surface area contributed by atoms with Gasteiger partial charge in [-0.1, -0.05) is 36.7 Å². The van der Waals surface area contributed by atoms with Gasteiger partial charge in [0.05, 0.1) is 10.3 Å². The van der Waals surface area contributed by atoms with Crippen molar-refractivity contribution in [2.75, 3.05) is 11.9 Å². The second-order valence-corrected chi connectivity index (χ2v) is 6.54. The fraction of sp³-hybridized carbons (Fsp3) is 0.312. The summed E-state index contributed by atoms with van der Waals surface area (Å²) in [5, 5.41) is 6.29. The van der Waals surface area contributed by atoms with Crippen molar-refractivity contribution in [1.82, 2.24) is 5.32 Å². The summed E-state index contributed by atoms with van der Waals surface area (Å²) in [5.74, 6) is -0.229. The fourth-order valence-corrected chi connectivity index (χ4v) is 3.10. The van der Waals surface area contributed by atoms with E-state index in [4.69, 9.17) is 11.6 Å². The monoisotopic (exact) mass is 322 g/mol. The second kappa shape index (κ2) is 7.59. The summed E-state index contributed by atoms with van der Waals surface area (Å²) in [6.07, 6.45) is 0. The van der Waals surface area contributed by atoms with Gasteiger partial charge >= 0.3 is 0 Å². The Bertz CT molecular complexity index is 612. The molecule has 1 amide bonds. The maximum atomic E-state index is 12.4. The number of anilines is 1. The molecule has 2 aromatic rings. The van der Waals surface area contributed by atoms with Crippen molar-refractivity contribution in [1.29, 1.82) is 0 Å². The Morgan fingerprint density at radius 2 is 2.05 bits per heavy atom. The normalized spacial score (nSPS) is 12.1. The molecule has 5 heteroatoms. The van der Waals surface area contributed by atoms with Crippen LogP contribution < -0.4 is 10.6 Å². The van der Waals surface area contributed by atoms with Gasteiger partial charge in [0.15, 0.2) is 0 Å². The van der Waals surface area contributed by atoms with Gasteiger partial charge in [0.2, 0.25) is 5.91 Å². The molecule has 0 saturated carbocycles. The molecular weight excluding hydrogens is 304 g/mol. The molecule has 0 aliphatic rings. The lowest BCUT2D eigenvalue weighted by atomic mass is 10.1. The van der Waals surface area contributed by atoms with Crippen LogP contribution >= 0.6 is 22.9 Å². The zero-order chi connectivity index (χ0) is 15.2. The number of nitrogens with one attached hydrogen (secondary N) is 2. The molecule has 0 aliphatic carbocycles. The third kappa shape index (κ3) is 4.30. The topological polar surface area (TPSA) is 41.1 Å². The Balaban J connectivity index is 2.08. The van der Waals surface area contributed by atoms with Crippen LogP contribution in [0.4, 0.5) is 5.69 Å². The molecule has 0 radical (unpaired) electrons. The quantitative estimate of drug-likeness (QED) is 0.834. The van der Waals surface area contributed by atoms with E-state index in [9.17, 15) is 4.79 Å². The molecule has 1 unspecified atom stereocenters. The number of hydrogen-bond donors (Lipinski definition) is 2. The Morgan fingerprint density at radius 3 is 2.71 bits per heavy atom. The highest BCUT2D eigenvalue weighted by Crippen LogP contribution is 2.29. The van der Waals surface area contributed by atoms with Crippen molar-refractivity contribution in [3.63, 3.8) is 0 Å².